The third kappa shape index (κ3) is 3.62. The van der Waals surface area contributed by atoms with Crippen molar-refractivity contribution in [1.29, 1.82) is 0 Å². The molecule has 0 bridgehead atoms. The summed E-state index contributed by atoms with van der Waals surface area (Å²) in [7, 11) is 0. The first-order chi connectivity index (χ1) is 8.20. The molecule has 0 aliphatic carbocycles. The second kappa shape index (κ2) is 6.73. The zero-order valence-corrected chi connectivity index (χ0v) is 10.2. The monoisotopic (exact) mass is 238 g/mol. The Bertz CT molecular complexity index is 380. The number of para-hydroxylation sites is 1. The van der Waals surface area contributed by atoms with E-state index in [9.17, 15) is 10.1 Å². The van der Waals surface area contributed by atoms with Gasteiger partial charge in [0.05, 0.1) is 11.5 Å². The molecule has 17 heavy (non-hydrogen) atoms. The quantitative estimate of drug-likeness (QED) is 0.450. The summed E-state index contributed by atoms with van der Waals surface area (Å²) in [5.74, 6) is 0.335. The van der Waals surface area contributed by atoms with Crippen molar-refractivity contribution >= 4 is 11.4 Å². The number of nitro groups is 1. The predicted molar refractivity (Wildman–Crippen MR) is 67.7 cm³/mol. The van der Waals surface area contributed by atoms with Gasteiger partial charge in [-0.2, -0.15) is 0 Å². The van der Waals surface area contributed by atoms with Crippen molar-refractivity contribution in [3.8, 4) is 5.75 Å². The van der Waals surface area contributed by atoms with Crippen molar-refractivity contribution in [3.05, 3.63) is 28.3 Å². The van der Waals surface area contributed by atoms with Crippen molar-refractivity contribution in [2.75, 3.05) is 18.5 Å². The van der Waals surface area contributed by atoms with E-state index in [0.717, 1.165) is 12.8 Å². The van der Waals surface area contributed by atoms with Gasteiger partial charge in [-0.05, 0) is 25.5 Å². The first kappa shape index (κ1) is 13.3. The Balaban J connectivity index is 2.94. The molecule has 0 radical (unpaired) electrons. The van der Waals surface area contributed by atoms with Gasteiger partial charge in [0.15, 0.2) is 5.75 Å². The van der Waals surface area contributed by atoms with Crippen LogP contribution in [0.25, 0.3) is 0 Å². The molecule has 94 valence electrons. The van der Waals surface area contributed by atoms with Gasteiger partial charge >= 0.3 is 5.69 Å². The summed E-state index contributed by atoms with van der Waals surface area (Å²) < 4.78 is 5.44. The van der Waals surface area contributed by atoms with E-state index in [-0.39, 0.29) is 5.69 Å². The highest BCUT2D eigenvalue weighted by Crippen LogP contribution is 2.34. The van der Waals surface area contributed by atoms with Crippen LogP contribution >= 0.6 is 0 Å². The lowest BCUT2D eigenvalue weighted by atomic mass is 10.2. The molecule has 5 nitrogen and oxygen atoms in total. The summed E-state index contributed by atoms with van der Waals surface area (Å²) in [6, 6.07) is 5.08. The molecule has 0 amide bonds. The topological polar surface area (TPSA) is 64.4 Å². The number of unbranched alkanes of at least 4 members (excludes halogenated alkanes) is 1. The van der Waals surface area contributed by atoms with Crippen molar-refractivity contribution < 1.29 is 9.66 Å². The Morgan fingerprint density at radius 2 is 2.18 bits per heavy atom. The number of hydrogen-bond donors (Lipinski definition) is 1. The van der Waals surface area contributed by atoms with Crippen molar-refractivity contribution in [3.63, 3.8) is 0 Å². The number of nitro benzene ring substituents is 1. The maximum Gasteiger partial charge on any atom is 0.333 e. The number of nitrogens with zero attached hydrogens (tertiary/aromatic N) is 1. The van der Waals surface area contributed by atoms with Crippen LogP contribution < -0.4 is 10.1 Å². The molecule has 0 atom stereocenters. The van der Waals surface area contributed by atoms with Crippen LogP contribution in [0.2, 0.25) is 0 Å². The summed E-state index contributed by atoms with van der Waals surface area (Å²) in [4.78, 5) is 10.6. The SMILES string of the molecule is CCCCOc1cccc(NCC)c1[N+](=O)[O-]. The minimum absolute atomic E-state index is 0.0189. The number of hydrogen-bond acceptors (Lipinski definition) is 4. The predicted octanol–water partition coefficient (Wildman–Crippen LogP) is 3.21. The fourth-order valence-corrected chi connectivity index (χ4v) is 1.49. The summed E-state index contributed by atoms with van der Waals surface area (Å²) in [5.41, 5.74) is 0.525. The van der Waals surface area contributed by atoms with Gasteiger partial charge in [-0.3, -0.25) is 10.1 Å². The Morgan fingerprint density at radius 3 is 2.76 bits per heavy atom. The van der Waals surface area contributed by atoms with E-state index in [1.54, 1.807) is 18.2 Å². The molecule has 0 spiro atoms. The highest BCUT2D eigenvalue weighted by atomic mass is 16.6. The molecule has 0 saturated carbocycles. The molecule has 0 fully saturated rings. The van der Waals surface area contributed by atoms with Crippen LogP contribution in [-0.2, 0) is 0 Å². The summed E-state index contributed by atoms with van der Waals surface area (Å²) in [6.07, 6.45) is 1.89. The van der Waals surface area contributed by atoms with Crippen LogP contribution in [0.1, 0.15) is 26.7 Å². The Hall–Kier alpha value is -1.78. The van der Waals surface area contributed by atoms with Gasteiger partial charge in [-0.15, -0.1) is 0 Å². The van der Waals surface area contributed by atoms with Gasteiger partial charge in [0.1, 0.15) is 5.69 Å². The molecule has 5 heteroatoms. The standard InChI is InChI=1S/C12H18N2O3/c1-3-5-9-17-11-8-6-7-10(13-4-2)12(11)14(15)16/h6-8,13H,3-5,9H2,1-2H3. The molecule has 0 aliphatic heterocycles. The summed E-state index contributed by atoms with van der Waals surface area (Å²) in [6.45, 7) is 5.09. The average molecular weight is 238 g/mol. The second-order valence-corrected chi connectivity index (χ2v) is 3.64. The summed E-state index contributed by atoms with van der Waals surface area (Å²) >= 11 is 0. The number of ether oxygens (including phenoxy) is 1. The minimum atomic E-state index is -0.403. The van der Waals surface area contributed by atoms with E-state index < -0.39 is 4.92 Å². The molecular weight excluding hydrogens is 220 g/mol. The van der Waals surface area contributed by atoms with E-state index in [4.69, 9.17) is 4.74 Å². The van der Waals surface area contributed by atoms with Crippen LogP contribution in [0.3, 0.4) is 0 Å². The third-order valence-electron chi connectivity index (χ3n) is 2.30. The largest absolute Gasteiger partial charge is 0.487 e. The highest BCUT2D eigenvalue weighted by molar-refractivity contribution is 5.68. The fraction of sp³-hybridized carbons (Fsp3) is 0.500. The minimum Gasteiger partial charge on any atom is -0.487 e. The smallest absolute Gasteiger partial charge is 0.333 e. The van der Waals surface area contributed by atoms with Crippen LogP contribution in [0.15, 0.2) is 18.2 Å². The van der Waals surface area contributed by atoms with Crippen LogP contribution in [0.4, 0.5) is 11.4 Å². The fourth-order valence-electron chi connectivity index (χ4n) is 1.49. The lowest BCUT2D eigenvalue weighted by Gasteiger charge is -2.09. The average Bonchev–Trinajstić information content (AvgIpc) is 2.29. The highest BCUT2D eigenvalue weighted by Gasteiger charge is 2.20. The third-order valence-corrected chi connectivity index (χ3v) is 2.30. The number of anilines is 1. The maximum absolute atomic E-state index is 11.0. The van der Waals surface area contributed by atoms with Gasteiger partial charge in [-0.1, -0.05) is 19.4 Å². The molecule has 1 aromatic carbocycles. The summed E-state index contributed by atoms with van der Waals surface area (Å²) in [5, 5.41) is 14.0. The van der Waals surface area contributed by atoms with Crippen LogP contribution in [0.5, 0.6) is 5.75 Å². The first-order valence-corrected chi connectivity index (χ1v) is 5.84. The normalized spacial score (nSPS) is 10.0. The van der Waals surface area contributed by atoms with Gasteiger partial charge in [0, 0.05) is 6.54 Å². The molecule has 1 rings (SSSR count). The zero-order valence-electron chi connectivity index (χ0n) is 10.2. The lowest BCUT2D eigenvalue weighted by Crippen LogP contribution is -2.05. The molecule has 0 aliphatic rings. The Kier molecular flexibility index (Phi) is 5.26. The number of rotatable bonds is 7. The van der Waals surface area contributed by atoms with E-state index in [1.165, 1.54) is 0 Å². The van der Waals surface area contributed by atoms with Crippen molar-refractivity contribution in [2.24, 2.45) is 0 Å². The van der Waals surface area contributed by atoms with Crippen molar-refractivity contribution in [1.82, 2.24) is 0 Å². The molecule has 0 aromatic heterocycles. The van der Waals surface area contributed by atoms with Gasteiger partial charge < -0.3 is 10.1 Å². The Morgan fingerprint density at radius 1 is 1.41 bits per heavy atom. The molecule has 1 aromatic rings. The maximum atomic E-state index is 11.0. The van der Waals surface area contributed by atoms with Crippen LogP contribution in [0, 0.1) is 10.1 Å². The Labute approximate surface area is 101 Å². The second-order valence-electron chi connectivity index (χ2n) is 3.64. The molecular formula is C12H18N2O3. The molecule has 1 N–H and O–H groups in total. The number of benzene rings is 1. The van der Waals surface area contributed by atoms with Gasteiger partial charge in [-0.25, -0.2) is 0 Å². The van der Waals surface area contributed by atoms with Gasteiger partial charge in [0.25, 0.3) is 0 Å². The lowest BCUT2D eigenvalue weighted by molar-refractivity contribution is -0.385. The van der Waals surface area contributed by atoms with Gasteiger partial charge in [0.2, 0.25) is 0 Å². The molecule has 0 heterocycles. The molecule has 0 saturated heterocycles. The first-order valence-electron chi connectivity index (χ1n) is 5.84. The molecule has 0 unspecified atom stereocenters. The van der Waals surface area contributed by atoms with E-state index in [0.29, 0.717) is 24.6 Å². The van der Waals surface area contributed by atoms with E-state index in [2.05, 4.69) is 5.32 Å². The van der Waals surface area contributed by atoms with E-state index >= 15 is 0 Å². The van der Waals surface area contributed by atoms with Crippen molar-refractivity contribution in [2.45, 2.75) is 26.7 Å². The zero-order chi connectivity index (χ0) is 12.7. The number of nitrogens with one attached hydrogen (secondary N) is 1. The van der Waals surface area contributed by atoms with Crippen LogP contribution in [-0.4, -0.2) is 18.1 Å². The van der Waals surface area contributed by atoms with E-state index in [1.807, 2.05) is 13.8 Å².